The van der Waals surface area contributed by atoms with Crippen LogP contribution in [0, 0.1) is 0 Å². The fourth-order valence-corrected chi connectivity index (χ4v) is 1.91. The standard InChI is InChI=1S/C12H12N2/c13-12(6-7-12)10-5-1-3-9-4-2-8-14-11(9)10/h1-5,8H,6-7,13H2. The van der Waals surface area contributed by atoms with Gasteiger partial charge in [-0.1, -0.05) is 24.3 Å². The maximum absolute atomic E-state index is 6.19. The van der Waals surface area contributed by atoms with E-state index in [-0.39, 0.29) is 5.54 Å². The van der Waals surface area contributed by atoms with Crippen LogP contribution < -0.4 is 5.73 Å². The molecule has 1 aromatic heterocycles. The minimum absolute atomic E-state index is 0.0894. The number of aromatic nitrogens is 1. The molecule has 0 amide bonds. The van der Waals surface area contributed by atoms with E-state index in [1.54, 1.807) is 0 Å². The molecule has 1 heterocycles. The Hall–Kier alpha value is -1.41. The van der Waals surface area contributed by atoms with Gasteiger partial charge in [-0.3, -0.25) is 4.98 Å². The van der Waals surface area contributed by atoms with Gasteiger partial charge >= 0.3 is 0 Å². The number of benzene rings is 1. The molecule has 0 atom stereocenters. The van der Waals surface area contributed by atoms with Crippen LogP contribution in [0.25, 0.3) is 10.9 Å². The number of rotatable bonds is 1. The summed E-state index contributed by atoms with van der Waals surface area (Å²) in [5.41, 5.74) is 8.37. The Balaban J connectivity index is 2.33. The highest BCUT2D eigenvalue weighted by Crippen LogP contribution is 2.44. The molecule has 2 heteroatoms. The third-order valence-corrected chi connectivity index (χ3v) is 2.96. The largest absolute Gasteiger partial charge is 0.321 e. The topological polar surface area (TPSA) is 38.9 Å². The summed E-state index contributed by atoms with van der Waals surface area (Å²) in [4.78, 5) is 4.41. The maximum Gasteiger partial charge on any atom is 0.0752 e. The SMILES string of the molecule is NC1(c2cccc3cccnc23)CC1. The summed E-state index contributed by atoms with van der Waals surface area (Å²) in [6, 6.07) is 10.3. The van der Waals surface area contributed by atoms with Crippen molar-refractivity contribution in [1.82, 2.24) is 4.98 Å². The molecule has 2 aromatic rings. The van der Waals surface area contributed by atoms with Gasteiger partial charge in [0.05, 0.1) is 5.52 Å². The van der Waals surface area contributed by atoms with Crippen molar-refractivity contribution in [1.29, 1.82) is 0 Å². The summed E-state index contributed by atoms with van der Waals surface area (Å²) in [6.07, 6.45) is 4.00. The van der Waals surface area contributed by atoms with Gasteiger partial charge in [0.2, 0.25) is 0 Å². The Morgan fingerprint density at radius 3 is 2.71 bits per heavy atom. The van der Waals surface area contributed by atoms with Crippen molar-refractivity contribution in [2.75, 3.05) is 0 Å². The fourth-order valence-electron chi connectivity index (χ4n) is 1.91. The molecule has 1 aromatic carbocycles. The molecule has 0 bridgehead atoms. The van der Waals surface area contributed by atoms with Gasteiger partial charge in [0, 0.05) is 17.1 Å². The number of para-hydroxylation sites is 1. The minimum Gasteiger partial charge on any atom is -0.321 e. The number of nitrogens with two attached hydrogens (primary N) is 1. The van der Waals surface area contributed by atoms with Gasteiger partial charge in [0.15, 0.2) is 0 Å². The number of nitrogens with zero attached hydrogens (tertiary/aromatic N) is 1. The third-order valence-electron chi connectivity index (χ3n) is 2.96. The lowest BCUT2D eigenvalue weighted by Crippen LogP contribution is -2.19. The molecule has 14 heavy (non-hydrogen) atoms. The lowest BCUT2D eigenvalue weighted by molar-refractivity contribution is 0.746. The van der Waals surface area contributed by atoms with Crippen LogP contribution in [0.1, 0.15) is 18.4 Å². The normalized spacial score (nSPS) is 18.4. The minimum atomic E-state index is -0.0894. The van der Waals surface area contributed by atoms with Crippen LogP contribution in [0.2, 0.25) is 0 Å². The van der Waals surface area contributed by atoms with Gasteiger partial charge in [0.1, 0.15) is 0 Å². The van der Waals surface area contributed by atoms with Gasteiger partial charge in [-0.05, 0) is 24.5 Å². The first-order chi connectivity index (χ1) is 6.80. The second kappa shape index (κ2) is 2.55. The van der Waals surface area contributed by atoms with Crippen LogP contribution in [0.5, 0.6) is 0 Å². The average molecular weight is 184 g/mol. The van der Waals surface area contributed by atoms with E-state index < -0.39 is 0 Å². The summed E-state index contributed by atoms with van der Waals surface area (Å²) in [5.74, 6) is 0. The molecular weight excluding hydrogens is 172 g/mol. The Morgan fingerprint density at radius 2 is 1.93 bits per heavy atom. The first kappa shape index (κ1) is 7.94. The molecule has 0 radical (unpaired) electrons. The lowest BCUT2D eigenvalue weighted by Gasteiger charge is -2.11. The number of pyridine rings is 1. The van der Waals surface area contributed by atoms with Gasteiger partial charge < -0.3 is 5.73 Å². The van der Waals surface area contributed by atoms with Gasteiger partial charge in [-0.25, -0.2) is 0 Å². The number of hydrogen-bond donors (Lipinski definition) is 1. The molecule has 2 nitrogen and oxygen atoms in total. The smallest absolute Gasteiger partial charge is 0.0752 e. The third kappa shape index (κ3) is 1.04. The Labute approximate surface area is 82.8 Å². The molecule has 0 spiro atoms. The molecule has 3 rings (SSSR count). The van der Waals surface area contributed by atoms with Crippen molar-refractivity contribution in [3.8, 4) is 0 Å². The highest BCUT2D eigenvalue weighted by Gasteiger charge is 2.41. The molecule has 1 saturated carbocycles. The van der Waals surface area contributed by atoms with E-state index in [0.717, 1.165) is 18.4 Å². The molecular formula is C12H12N2. The highest BCUT2D eigenvalue weighted by atomic mass is 14.8. The molecule has 70 valence electrons. The van der Waals surface area contributed by atoms with Crippen LogP contribution in [0.4, 0.5) is 0 Å². The first-order valence-electron chi connectivity index (χ1n) is 4.93. The van der Waals surface area contributed by atoms with E-state index in [9.17, 15) is 0 Å². The summed E-state index contributed by atoms with van der Waals surface area (Å²) in [6.45, 7) is 0. The van der Waals surface area contributed by atoms with E-state index in [4.69, 9.17) is 5.73 Å². The molecule has 1 aliphatic rings. The summed E-state index contributed by atoms with van der Waals surface area (Å²) >= 11 is 0. The van der Waals surface area contributed by atoms with Crippen LogP contribution >= 0.6 is 0 Å². The van der Waals surface area contributed by atoms with Crippen LogP contribution in [-0.4, -0.2) is 4.98 Å². The zero-order chi connectivity index (χ0) is 9.60. The molecule has 1 fully saturated rings. The molecule has 2 N–H and O–H groups in total. The Kier molecular flexibility index (Phi) is 1.45. The molecule has 0 saturated heterocycles. The van der Waals surface area contributed by atoms with E-state index in [0.29, 0.717) is 0 Å². The lowest BCUT2D eigenvalue weighted by atomic mass is 10.0. The number of fused-ring (bicyclic) bond motifs is 1. The zero-order valence-electron chi connectivity index (χ0n) is 7.90. The first-order valence-corrected chi connectivity index (χ1v) is 4.93. The van der Waals surface area contributed by atoms with Crippen molar-refractivity contribution in [2.24, 2.45) is 5.73 Å². The van der Waals surface area contributed by atoms with Gasteiger partial charge in [-0.15, -0.1) is 0 Å². The maximum atomic E-state index is 6.19. The predicted molar refractivity (Wildman–Crippen MR) is 56.8 cm³/mol. The predicted octanol–water partition coefficient (Wildman–Crippen LogP) is 2.18. The molecule has 0 unspecified atom stereocenters. The Morgan fingerprint density at radius 1 is 1.14 bits per heavy atom. The van der Waals surface area contributed by atoms with E-state index in [2.05, 4.69) is 29.2 Å². The molecule has 1 aliphatic carbocycles. The second-order valence-electron chi connectivity index (χ2n) is 4.04. The summed E-state index contributed by atoms with van der Waals surface area (Å²) in [5, 5.41) is 1.18. The van der Waals surface area contributed by atoms with Crippen LogP contribution in [0.15, 0.2) is 36.5 Å². The quantitative estimate of drug-likeness (QED) is 0.737. The van der Waals surface area contributed by atoms with Crippen LogP contribution in [-0.2, 0) is 5.54 Å². The van der Waals surface area contributed by atoms with Crippen molar-refractivity contribution in [2.45, 2.75) is 18.4 Å². The van der Waals surface area contributed by atoms with Crippen molar-refractivity contribution in [3.63, 3.8) is 0 Å². The van der Waals surface area contributed by atoms with Gasteiger partial charge in [-0.2, -0.15) is 0 Å². The van der Waals surface area contributed by atoms with Crippen molar-refractivity contribution < 1.29 is 0 Å². The van der Waals surface area contributed by atoms with E-state index in [1.165, 1.54) is 10.9 Å². The number of hydrogen-bond acceptors (Lipinski definition) is 2. The highest BCUT2D eigenvalue weighted by molar-refractivity contribution is 5.82. The van der Waals surface area contributed by atoms with E-state index in [1.807, 2.05) is 12.3 Å². The molecule has 0 aliphatic heterocycles. The Bertz CT molecular complexity index is 481. The van der Waals surface area contributed by atoms with Crippen LogP contribution in [0.3, 0.4) is 0 Å². The summed E-state index contributed by atoms with van der Waals surface area (Å²) < 4.78 is 0. The summed E-state index contributed by atoms with van der Waals surface area (Å²) in [7, 11) is 0. The van der Waals surface area contributed by atoms with Crippen molar-refractivity contribution >= 4 is 10.9 Å². The average Bonchev–Trinajstić information content (AvgIpc) is 2.97. The van der Waals surface area contributed by atoms with E-state index >= 15 is 0 Å². The monoisotopic (exact) mass is 184 g/mol. The van der Waals surface area contributed by atoms with Crippen molar-refractivity contribution in [3.05, 3.63) is 42.1 Å². The fraction of sp³-hybridized carbons (Fsp3) is 0.250. The second-order valence-corrected chi connectivity index (χ2v) is 4.04. The van der Waals surface area contributed by atoms with Gasteiger partial charge in [0.25, 0.3) is 0 Å². The zero-order valence-corrected chi connectivity index (χ0v) is 7.90.